The second-order valence-corrected chi connectivity index (χ2v) is 7.62. The summed E-state index contributed by atoms with van der Waals surface area (Å²) < 4.78 is 4.65. The van der Waals surface area contributed by atoms with Crippen molar-refractivity contribution in [2.45, 2.75) is 40.5 Å². The summed E-state index contributed by atoms with van der Waals surface area (Å²) in [5.74, 6) is -1.54. The molecule has 1 aliphatic carbocycles. The standard InChI is InChI=1S/C19H25NO5/c1-17(2)18(3,10-11-19(17,4)16(23)24)15(22)20-13-8-6-12(7-9-13)14(21)25-5/h6-9H,10-11H2,1-5H3,(H,20,22)(H,23,24). The Bertz CT molecular complexity index is 709. The van der Waals surface area contributed by atoms with Crippen LogP contribution in [-0.2, 0) is 14.3 Å². The fraction of sp³-hybridized carbons (Fsp3) is 0.526. The minimum atomic E-state index is -0.964. The molecule has 1 saturated carbocycles. The Balaban J connectivity index is 2.23. The molecule has 1 aromatic carbocycles. The van der Waals surface area contributed by atoms with Gasteiger partial charge in [-0.1, -0.05) is 20.8 Å². The molecule has 25 heavy (non-hydrogen) atoms. The second kappa shape index (κ2) is 6.17. The third-order valence-corrected chi connectivity index (χ3v) is 6.42. The molecule has 2 rings (SSSR count). The van der Waals surface area contributed by atoms with E-state index in [2.05, 4.69) is 10.1 Å². The van der Waals surface area contributed by atoms with E-state index in [1.165, 1.54) is 7.11 Å². The van der Waals surface area contributed by atoms with Gasteiger partial charge >= 0.3 is 11.9 Å². The van der Waals surface area contributed by atoms with Gasteiger partial charge in [-0.3, -0.25) is 9.59 Å². The lowest BCUT2D eigenvalue weighted by Crippen LogP contribution is -2.49. The summed E-state index contributed by atoms with van der Waals surface area (Å²) in [4.78, 5) is 36.2. The predicted molar refractivity (Wildman–Crippen MR) is 93.3 cm³/mol. The van der Waals surface area contributed by atoms with Gasteiger partial charge in [0.05, 0.1) is 23.5 Å². The minimum absolute atomic E-state index is 0.215. The minimum Gasteiger partial charge on any atom is -0.481 e. The zero-order valence-corrected chi connectivity index (χ0v) is 15.3. The summed E-state index contributed by atoms with van der Waals surface area (Å²) in [5, 5.41) is 12.5. The monoisotopic (exact) mass is 347 g/mol. The number of benzene rings is 1. The molecule has 1 aliphatic rings. The molecular weight excluding hydrogens is 322 g/mol. The molecule has 0 radical (unpaired) electrons. The fourth-order valence-electron chi connectivity index (χ4n) is 3.58. The van der Waals surface area contributed by atoms with E-state index in [1.807, 2.05) is 20.8 Å². The molecule has 0 spiro atoms. The van der Waals surface area contributed by atoms with Crippen LogP contribution in [0.4, 0.5) is 5.69 Å². The van der Waals surface area contributed by atoms with E-state index >= 15 is 0 Å². The average molecular weight is 347 g/mol. The number of ether oxygens (including phenoxy) is 1. The van der Waals surface area contributed by atoms with Crippen LogP contribution in [-0.4, -0.2) is 30.1 Å². The van der Waals surface area contributed by atoms with Crippen molar-refractivity contribution in [3.05, 3.63) is 29.8 Å². The molecule has 136 valence electrons. The Labute approximate surface area is 147 Å². The number of nitrogens with one attached hydrogen (secondary N) is 1. The summed E-state index contributed by atoms with van der Waals surface area (Å²) in [6.45, 7) is 7.21. The van der Waals surface area contributed by atoms with Crippen LogP contribution in [0.25, 0.3) is 0 Å². The highest BCUT2D eigenvalue weighted by atomic mass is 16.5. The van der Waals surface area contributed by atoms with Gasteiger partial charge < -0.3 is 15.2 Å². The number of methoxy groups -OCH3 is 1. The van der Waals surface area contributed by atoms with Crippen molar-refractivity contribution in [3.8, 4) is 0 Å². The van der Waals surface area contributed by atoms with Crippen LogP contribution >= 0.6 is 0 Å². The van der Waals surface area contributed by atoms with Crippen LogP contribution in [0.15, 0.2) is 24.3 Å². The zero-order valence-electron chi connectivity index (χ0n) is 15.3. The SMILES string of the molecule is COC(=O)c1ccc(NC(=O)C2(C)CCC(C)(C(=O)O)C2(C)C)cc1. The van der Waals surface area contributed by atoms with Crippen molar-refractivity contribution < 1.29 is 24.2 Å². The Morgan fingerprint density at radius 3 is 1.96 bits per heavy atom. The van der Waals surface area contributed by atoms with Gasteiger partial charge in [-0.25, -0.2) is 4.79 Å². The maximum Gasteiger partial charge on any atom is 0.337 e. The van der Waals surface area contributed by atoms with Gasteiger partial charge in [0.15, 0.2) is 0 Å². The lowest BCUT2D eigenvalue weighted by atomic mass is 9.59. The molecule has 1 amide bonds. The lowest BCUT2D eigenvalue weighted by molar-refractivity contribution is -0.157. The van der Waals surface area contributed by atoms with Crippen molar-refractivity contribution in [1.82, 2.24) is 0 Å². The molecule has 2 N–H and O–H groups in total. The number of hydrogen-bond donors (Lipinski definition) is 2. The number of anilines is 1. The number of carboxylic acid groups (broad SMARTS) is 1. The molecule has 0 aromatic heterocycles. The molecule has 6 nitrogen and oxygen atoms in total. The fourth-order valence-corrected chi connectivity index (χ4v) is 3.58. The zero-order chi connectivity index (χ0) is 19.0. The highest BCUT2D eigenvalue weighted by Crippen LogP contribution is 2.62. The summed E-state index contributed by atoms with van der Waals surface area (Å²) in [5.41, 5.74) is -1.55. The first-order valence-electron chi connectivity index (χ1n) is 8.23. The molecule has 1 fully saturated rings. The number of amides is 1. The number of carbonyl (C=O) groups is 3. The van der Waals surface area contributed by atoms with Crippen LogP contribution in [0.1, 0.15) is 50.9 Å². The van der Waals surface area contributed by atoms with Crippen molar-refractivity contribution in [2.24, 2.45) is 16.2 Å². The third kappa shape index (κ3) is 2.79. The maximum atomic E-state index is 12.9. The number of carbonyl (C=O) groups excluding carboxylic acids is 2. The number of hydrogen-bond acceptors (Lipinski definition) is 4. The van der Waals surface area contributed by atoms with Crippen LogP contribution < -0.4 is 5.32 Å². The molecule has 2 unspecified atom stereocenters. The molecule has 0 heterocycles. The van der Waals surface area contributed by atoms with E-state index in [1.54, 1.807) is 31.2 Å². The van der Waals surface area contributed by atoms with Crippen LogP contribution in [0.2, 0.25) is 0 Å². The van der Waals surface area contributed by atoms with Gasteiger partial charge in [0.25, 0.3) is 0 Å². The van der Waals surface area contributed by atoms with E-state index in [0.717, 1.165) is 0 Å². The van der Waals surface area contributed by atoms with Gasteiger partial charge in [-0.05, 0) is 49.4 Å². The van der Waals surface area contributed by atoms with Gasteiger partial charge in [-0.2, -0.15) is 0 Å². The molecule has 0 saturated heterocycles. The van der Waals surface area contributed by atoms with Gasteiger partial charge in [0.2, 0.25) is 5.91 Å². The summed E-state index contributed by atoms with van der Waals surface area (Å²) in [7, 11) is 1.31. The third-order valence-electron chi connectivity index (χ3n) is 6.42. The van der Waals surface area contributed by atoms with Crippen LogP contribution in [0, 0.1) is 16.2 Å². The Morgan fingerprint density at radius 2 is 1.52 bits per heavy atom. The highest BCUT2D eigenvalue weighted by Gasteiger charge is 2.64. The van der Waals surface area contributed by atoms with Crippen LogP contribution in [0.5, 0.6) is 0 Å². The Kier molecular flexibility index (Phi) is 4.68. The van der Waals surface area contributed by atoms with E-state index in [9.17, 15) is 19.5 Å². The van der Waals surface area contributed by atoms with Gasteiger partial charge in [0, 0.05) is 5.69 Å². The topological polar surface area (TPSA) is 92.7 Å². The number of carboxylic acids is 1. The van der Waals surface area contributed by atoms with E-state index < -0.39 is 28.2 Å². The summed E-state index contributed by atoms with van der Waals surface area (Å²) in [6.07, 6.45) is 0.940. The molecular formula is C19H25NO5. The Morgan fingerprint density at radius 1 is 1.00 bits per heavy atom. The molecule has 0 bridgehead atoms. The first-order chi connectivity index (χ1) is 11.5. The second-order valence-electron chi connectivity index (χ2n) is 7.62. The van der Waals surface area contributed by atoms with Crippen molar-refractivity contribution in [2.75, 3.05) is 12.4 Å². The van der Waals surface area contributed by atoms with E-state index in [-0.39, 0.29) is 5.91 Å². The maximum absolute atomic E-state index is 12.9. The average Bonchev–Trinajstić information content (AvgIpc) is 2.77. The lowest BCUT2D eigenvalue weighted by Gasteiger charge is -2.44. The van der Waals surface area contributed by atoms with E-state index in [0.29, 0.717) is 24.1 Å². The number of rotatable bonds is 4. The summed E-state index contributed by atoms with van der Waals surface area (Å²) in [6, 6.07) is 6.41. The Hall–Kier alpha value is -2.37. The van der Waals surface area contributed by atoms with Gasteiger partial charge in [-0.15, -0.1) is 0 Å². The molecule has 2 atom stereocenters. The first kappa shape index (κ1) is 19.0. The molecule has 6 heteroatoms. The predicted octanol–water partition coefficient (Wildman–Crippen LogP) is 3.33. The summed E-state index contributed by atoms with van der Waals surface area (Å²) >= 11 is 0. The number of esters is 1. The first-order valence-corrected chi connectivity index (χ1v) is 8.23. The van der Waals surface area contributed by atoms with Crippen molar-refractivity contribution in [1.29, 1.82) is 0 Å². The normalized spacial score (nSPS) is 27.6. The molecule has 1 aromatic rings. The van der Waals surface area contributed by atoms with Crippen molar-refractivity contribution >= 4 is 23.5 Å². The smallest absolute Gasteiger partial charge is 0.337 e. The largest absolute Gasteiger partial charge is 0.481 e. The number of aliphatic carboxylic acids is 1. The van der Waals surface area contributed by atoms with Crippen LogP contribution in [0.3, 0.4) is 0 Å². The van der Waals surface area contributed by atoms with Crippen molar-refractivity contribution in [3.63, 3.8) is 0 Å². The van der Waals surface area contributed by atoms with E-state index in [4.69, 9.17) is 0 Å². The quantitative estimate of drug-likeness (QED) is 0.815. The van der Waals surface area contributed by atoms with Gasteiger partial charge in [0.1, 0.15) is 0 Å². The molecule has 0 aliphatic heterocycles. The highest BCUT2D eigenvalue weighted by molar-refractivity contribution is 5.97.